The highest BCUT2D eigenvalue weighted by Crippen LogP contribution is 2.32. The maximum absolute atomic E-state index is 5.34. The first-order chi connectivity index (χ1) is 8.25. The molecule has 94 valence electrons. The first-order valence-corrected chi connectivity index (χ1v) is 6.08. The van der Waals surface area contributed by atoms with E-state index in [1.807, 2.05) is 12.1 Å². The minimum atomic E-state index is 0.338. The Morgan fingerprint density at radius 3 is 2.82 bits per heavy atom. The normalized spacial score (nSPS) is 13.4. The molecule has 0 bridgehead atoms. The van der Waals surface area contributed by atoms with Gasteiger partial charge in [0.05, 0.1) is 0 Å². The van der Waals surface area contributed by atoms with Crippen molar-refractivity contribution in [3.8, 4) is 11.5 Å². The minimum Gasteiger partial charge on any atom is -0.454 e. The van der Waals surface area contributed by atoms with Crippen molar-refractivity contribution in [1.29, 1.82) is 0 Å². The lowest BCUT2D eigenvalue weighted by atomic mass is 10.2. The van der Waals surface area contributed by atoms with E-state index >= 15 is 0 Å². The van der Waals surface area contributed by atoms with Crippen LogP contribution in [-0.4, -0.2) is 25.9 Å². The van der Waals surface area contributed by atoms with Crippen LogP contribution in [0.1, 0.15) is 19.4 Å². The Morgan fingerprint density at radius 2 is 2.00 bits per heavy atom. The average Bonchev–Trinajstić information content (AvgIpc) is 2.75. The fourth-order valence-corrected chi connectivity index (χ4v) is 1.73. The van der Waals surface area contributed by atoms with Gasteiger partial charge in [0.15, 0.2) is 11.5 Å². The molecule has 1 aromatic rings. The second kappa shape index (κ2) is 5.89. The molecule has 4 heteroatoms. The third-order valence-electron chi connectivity index (χ3n) is 2.62. The monoisotopic (exact) mass is 236 g/mol. The van der Waals surface area contributed by atoms with Crippen molar-refractivity contribution in [1.82, 2.24) is 10.6 Å². The molecule has 17 heavy (non-hydrogen) atoms. The molecule has 1 aromatic carbocycles. The lowest BCUT2D eigenvalue weighted by Gasteiger charge is -2.09. The van der Waals surface area contributed by atoms with Gasteiger partial charge in [0.25, 0.3) is 0 Å². The summed E-state index contributed by atoms with van der Waals surface area (Å²) in [5.74, 6) is 1.69. The summed E-state index contributed by atoms with van der Waals surface area (Å²) in [4.78, 5) is 0. The topological polar surface area (TPSA) is 42.5 Å². The van der Waals surface area contributed by atoms with E-state index in [1.165, 1.54) is 5.56 Å². The van der Waals surface area contributed by atoms with Crippen LogP contribution in [0.2, 0.25) is 0 Å². The van der Waals surface area contributed by atoms with Crippen LogP contribution in [0.5, 0.6) is 11.5 Å². The van der Waals surface area contributed by atoms with Gasteiger partial charge in [0.2, 0.25) is 6.79 Å². The number of ether oxygens (including phenoxy) is 2. The van der Waals surface area contributed by atoms with Gasteiger partial charge in [-0.05, 0) is 17.7 Å². The SMILES string of the molecule is CC(C)NCCNCc1ccc2c(c1)OCO2. The zero-order chi connectivity index (χ0) is 12.1. The van der Waals surface area contributed by atoms with Crippen molar-refractivity contribution in [3.05, 3.63) is 23.8 Å². The summed E-state index contributed by atoms with van der Waals surface area (Å²) >= 11 is 0. The lowest BCUT2D eigenvalue weighted by Crippen LogP contribution is -2.31. The molecule has 0 saturated carbocycles. The number of fused-ring (bicyclic) bond motifs is 1. The van der Waals surface area contributed by atoms with Crippen LogP contribution in [0.15, 0.2) is 18.2 Å². The van der Waals surface area contributed by atoms with Crippen LogP contribution < -0.4 is 20.1 Å². The molecule has 0 spiro atoms. The largest absolute Gasteiger partial charge is 0.454 e. The molecule has 0 radical (unpaired) electrons. The van der Waals surface area contributed by atoms with Crippen molar-refractivity contribution in [2.45, 2.75) is 26.4 Å². The Bertz CT molecular complexity index is 366. The molecule has 2 N–H and O–H groups in total. The maximum Gasteiger partial charge on any atom is 0.231 e. The molecule has 4 nitrogen and oxygen atoms in total. The Labute approximate surface area is 102 Å². The lowest BCUT2D eigenvalue weighted by molar-refractivity contribution is 0.174. The number of rotatable bonds is 6. The van der Waals surface area contributed by atoms with Gasteiger partial charge in [-0.2, -0.15) is 0 Å². The van der Waals surface area contributed by atoms with Gasteiger partial charge >= 0.3 is 0 Å². The van der Waals surface area contributed by atoms with Crippen molar-refractivity contribution in [2.75, 3.05) is 19.9 Å². The van der Waals surface area contributed by atoms with Gasteiger partial charge < -0.3 is 20.1 Å². The summed E-state index contributed by atoms with van der Waals surface area (Å²) < 4.78 is 10.6. The molecule has 0 amide bonds. The van der Waals surface area contributed by atoms with Crippen molar-refractivity contribution < 1.29 is 9.47 Å². The summed E-state index contributed by atoms with van der Waals surface area (Å²) in [6, 6.07) is 6.61. The minimum absolute atomic E-state index is 0.338. The standard InChI is InChI=1S/C13H20N2O2/c1-10(2)15-6-5-14-8-11-3-4-12-13(7-11)17-9-16-12/h3-4,7,10,14-15H,5-6,8-9H2,1-2H3. The second-order valence-electron chi connectivity index (χ2n) is 4.47. The van der Waals surface area contributed by atoms with Gasteiger partial charge in [0, 0.05) is 25.7 Å². The fourth-order valence-electron chi connectivity index (χ4n) is 1.73. The van der Waals surface area contributed by atoms with Gasteiger partial charge in [-0.25, -0.2) is 0 Å². The Balaban J connectivity index is 1.72. The van der Waals surface area contributed by atoms with Gasteiger partial charge in [0.1, 0.15) is 0 Å². The quantitative estimate of drug-likeness (QED) is 0.735. The van der Waals surface area contributed by atoms with E-state index in [0.29, 0.717) is 12.8 Å². The third-order valence-corrected chi connectivity index (χ3v) is 2.62. The summed E-state index contributed by atoms with van der Waals surface area (Å²) in [6.07, 6.45) is 0. The predicted molar refractivity (Wildman–Crippen MR) is 67.4 cm³/mol. The Kier molecular flexibility index (Phi) is 4.23. The first kappa shape index (κ1) is 12.2. The van der Waals surface area contributed by atoms with Crippen molar-refractivity contribution in [2.24, 2.45) is 0 Å². The van der Waals surface area contributed by atoms with E-state index in [1.54, 1.807) is 0 Å². The zero-order valence-corrected chi connectivity index (χ0v) is 10.5. The molecule has 0 fully saturated rings. The fraction of sp³-hybridized carbons (Fsp3) is 0.538. The molecule has 0 saturated heterocycles. The molecule has 1 aliphatic heterocycles. The van der Waals surface area contributed by atoms with E-state index in [-0.39, 0.29) is 0 Å². The van der Waals surface area contributed by atoms with Crippen LogP contribution in [0.25, 0.3) is 0 Å². The van der Waals surface area contributed by atoms with E-state index in [2.05, 4.69) is 30.5 Å². The summed E-state index contributed by atoms with van der Waals surface area (Å²) in [5.41, 5.74) is 1.22. The molecule has 0 atom stereocenters. The van der Waals surface area contributed by atoms with Gasteiger partial charge in [-0.15, -0.1) is 0 Å². The summed E-state index contributed by atoms with van der Waals surface area (Å²) in [6.45, 7) is 7.45. The Hall–Kier alpha value is -1.26. The molecule has 1 heterocycles. The van der Waals surface area contributed by atoms with Crippen LogP contribution >= 0.6 is 0 Å². The van der Waals surface area contributed by atoms with Crippen molar-refractivity contribution >= 4 is 0 Å². The molecule has 0 aliphatic carbocycles. The highest BCUT2D eigenvalue weighted by Gasteiger charge is 2.12. The highest BCUT2D eigenvalue weighted by molar-refractivity contribution is 5.44. The van der Waals surface area contributed by atoms with E-state index in [4.69, 9.17) is 9.47 Å². The highest BCUT2D eigenvalue weighted by atomic mass is 16.7. The van der Waals surface area contributed by atoms with E-state index in [9.17, 15) is 0 Å². The average molecular weight is 236 g/mol. The Morgan fingerprint density at radius 1 is 1.18 bits per heavy atom. The van der Waals surface area contributed by atoms with Crippen LogP contribution in [0.3, 0.4) is 0 Å². The first-order valence-electron chi connectivity index (χ1n) is 6.08. The van der Waals surface area contributed by atoms with Crippen LogP contribution in [-0.2, 0) is 6.54 Å². The zero-order valence-electron chi connectivity index (χ0n) is 10.5. The van der Waals surface area contributed by atoms with Gasteiger partial charge in [-0.1, -0.05) is 19.9 Å². The second-order valence-corrected chi connectivity index (χ2v) is 4.47. The van der Waals surface area contributed by atoms with Crippen LogP contribution in [0.4, 0.5) is 0 Å². The maximum atomic E-state index is 5.34. The number of benzene rings is 1. The number of nitrogens with one attached hydrogen (secondary N) is 2. The molecule has 2 rings (SSSR count). The van der Waals surface area contributed by atoms with E-state index < -0.39 is 0 Å². The molecule has 0 aromatic heterocycles. The molecular weight excluding hydrogens is 216 g/mol. The predicted octanol–water partition coefficient (Wildman–Crippen LogP) is 1.50. The molecule has 1 aliphatic rings. The van der Waals surface area contributed by atoms with Gasteiger partial charge in [-0.3, -0.25) is 0 Å². The van der Waals surface area contributed by atoms with E-state index in [0.717, 1.165) is 31.1 Å². The summed E-state index contributed by atoms with van der Waals surface area (Å²) in [5, 5.41) is 6.76. The molecular formula is C13H20N2O2. The summed E-state index contributed by atoms with van der Waals surface area (Å²) in [7, 11) is 0. The smallest absolute Gasteiger partial charge is 0.231 e. The number of hydrogen-bond acceptors (Lipinski definition) is 4. The van der Waals surface area contributed by atoms with Crippen LogP contribution in [0, 0.1) is 0 Å². The van der Waals surface area contributed by atoms with Crippen molar-refractivity contribution in [3.63, 3.8) is 0 Å². The number of hydrogen-bond donors (Lipinski definition) is 2. The third kappa shape index (κ3) is 3.61. The molecule has 0 unspecified atom stereocenters.